The van der Waals surface area contributed by atoms with Crippen molar-refractivity contribution in [3.8, 4) is 0 Å². The van der Waals surface area contributed by atoms with Crippen LogP contribution in [-0.2, 0) is 9.53 Å². The second-order valence-electron chi connectivity index (χ2n) is 9.10. The van der Waals surface area contributed by atoms with Crippen LogP contribution in [0.15, 0.2) is 53.6 Å². The topological polar surface area (TPSA) is 74.2 Å². The molecule has 2 aromatic carbocycles. The number of urea groups is 1. The van der Waals surface area contributed by atoms with Crippen molar-refractivity contribution in [3.05, 3.63) is 70.5 Å². The summed E-state index contributed by atoms with van der Waals surface area (Å²) < 4.78 is 19.8. The Balaban J connectivity index is 1.92. The number of rotatable bonds is 7. The average molecular weight is 489 g/mol. The van der Waals surface area contributed by atoms with Crippen molar-refractivity contribution in [2.75, 3.05) is 26.8 Å². The van der Waals surface area contributed by atoms with Crippen molar-refractivity contribution < 1.29 is 18.7 Å². The normalized spacial score (nSPS) is 15.8. The molecule has 1 N–H and O–H groups in total. The van der Waals surface area contributed by atoms with Gasteiger partial charge in [-0.3, -0.25) is 4.79 Å². The molecule has 1 atom stereocenters. The minimum atomic E-state index is -0.657. The number of nitrogens with zero attached hydrogens (tertiary/aromatic N) is 3. The number of hydrogen-bond donors (Lipinski definition) is 1. The maximum absolute atomic E-state index is 14.7. The number of carbonyl (C=O) groups is 2. The van der Waals surface area contributed by atoms with Crippen LogP contribution in [0, 0.1) is 5.82 Å². The molecule has 0 radical (unpaired) electrons. The minimum Gasteiger partial charge on any atom is -0.383 e. The molecule has 1 aliphatic rings. The first-order valence-electron chi connectivity index (χ1n) is 11.1. The van der Waals surface area contributed by atoms with Gasteiger partial charge < -0.3 is 15.0 Å². The lowest BCUT2D eigenvalue weighted by Crippen LogP contribution is -2.52. The summed E-state index contributed by atoms with van der Waals surface area (Å²) in [4.78, 5) is 27.6. The van der Waals surface area contributed by atoms with E-state index < -0.39 is 29.3 Å². The summed E-state index contributed by atoms with van der Waals surface area (Å²) in [6.07, 6.45) is 0.294. The summed E-state index contributed by atoms with van der Waals surface area (Å²) in [5, 5.41) is 9.17. The Kier molecular flexibility index (Phi) is 8.28. The van der Waals surface area contributed by atoms with Crippen molar-refractivity contribution in [1.82, 2.24) is 15.2 Å². The Bertz CT molecular complexity index is 1070. The van der Waals surface area contributed by atoms with Crippen LogP contribution in [0.4, 0.5) is 9.18 Å². The van der Waals surface area contributed by atoms with Crippen LogP contribution >= 0.6 is 11.6 Å². The highest BCUT2D eigenvalue weighted by atomic mass is 35.5. The molecule has 3 amide bonds. The monoisotopic (exact) mass is 488 g/mol. The van der Waals surface area contributed by atoms with E-state index in [1.54, 1.807) is 30.3 Å². The SMILES string of the molecule is COCCN(CC(=O)N1N=C(c2ccccc2Cl)C[C@@H]1c1ccccc1F)C(=O)NC(C)(C)C. The molecule has 34 heavy (non-hydrogen) atoms. The highest BCUT2D eigenvalue weighted by Crippen LogP contribution is 2.35. The van der Waals surface area contributed by atoms with Gasteiger partial charge in [0.2, 0.25) is 0 Å². The van der Waals surface area contributed by atoms with Crippen LogP contribution in [0.5, 0.6) is 0 Å². The molecule has 0 aromatic heterocycles. The number of hydrazone groups is 1. The number of nitrogens with one attached hydrogen (secondary N) is 1. The van der Waals surface area contributed by atoms with Gasteiger partial charge in [-0.2, -0.15) is 5.10 Å². The fraction of sp³-hybridized carbons (Fsp3) is 0.400. The Labute approximate surface area is 204 Å². The van der Waals surface area contributed by atoms with E-state index in [1.165, 1.54) is 23.1 Å². The molecule has 0 unspecified atom stereocenters. The molecular weight excluding hydrogens is 459 g/mol. The van der Waals surface area contributed by atoms with Crippen LogP contribution in [0.3, 0.4) is 0 Å². The van der Waals surface area contributed by atoms with Crippen LogP contribution in [0.2, 0.25) is 5.02 Å². The number of benzene rings is 2. The smallest absolute Gasteiger partial charge is 0.318 e. The van der Waals surface area contributed by atoms with E-state index in [1.807, 2.05) is 32.9 Å². The summed E-state index contributed by atoms with van der Waals surface area (Å²) in [6.45, 7) is 5.80. The second-order valence-corrected chi connectivity index (χ2v) is 9.51. The third-order valence-electron chi connectivity index (χ3n) is 5.28. The quantitative estimate of drug-likeness (QED) is 0.618. The first-order valence-corrected chi connectivity index (χ1v) is 11.4. The summed E-state index contributed by atoms with van der Waals surface area (Å²) in [5.41, 5.74) is 1.13. The Morgan fingerprint density at radius 1 is 1.21 bits per heavy atom. The molecule has 0 saturated carbocycles. The van der Waals surface area contributed by atoms with Gasteiger partial charge in [0.15, 0.2) is 0 Å². The fourth-order valence-corrected chi connectivity index (χ4v) is 3.92. The van der Waals surface area contributed by atoms with Gasteiger partial charge in [0.25, 0.3) is 5.91 Å². The maximum Gasteiger partial charge on any atom is 0.318 e. The molecule has 1 heterocycles. The third kappa shape index (κ3) is 6.33. The van der Waals surface area contributed by atoms with Gasteiger partial charge in [0.1, 0.15) is 12.4 Å². The first-order chi connectivity index (χ1) is 16.1. The molecule has 0 saturated heterocycles. The van der Waals surface area contributed by atoms with E-state index in [4.69, 9.17) is 16.3 Å². The molecule has 182 valence electrons. The van der Waals surface area contributed by atoms with Crippen molar-refractivity contribution in [2.24, 2.45) is 5.10 Å². The van der Waals surface area contributed by atoms with Gasteiger partial charge in [-0.1, -0.05) is 48.0 Å². The number of methoxy groups -OCH3 is 1. The van der Waals surface area contributed by atoms with Gasteiger partial charge in [-0.25, -0.2) is 14.2 Å². The Hall–Kier alpha value is -2.97. The van der Waals surface area contributed by atoms with E-state index >= 15 is 0 Å². The van der Waals surface area contributed by atoms with E-state index in [0.29, 0.717) is 28.3 Å². The third-order valence-corrected chi connectivity index (χ3v) is 5.61. The molecule has 3 rings (SSSR count). The largest absolute Gasteiger partial charge is 0.383 e. The van der Waals surface area contributed by atoms with Crippen molar-refractivity contribution in [1.29, 1.82) is 0 Å². The molecule has 0 bridgehead atoms. The van der Waals surface area contributed by atoms with Gasteiger partial charge in [0.05, 0.1) is 18.4 Å². The second kappa shape index (κ2) is 11.0. The molecule has 0 fully saturated rings. The van der Waals surface area contributed by atoms with Crippen LogP contribution in [-0.4, -0.2) is 59.9 Å². The zero-order chi connectivity index (χ0) is 24.9. The predicted molar refractivity (Wildman–Crippen MR) is 130 cm³/mol. The molecule has 0 aliphatic carbocycles. The number of halogens is 2. The highest BCUT2D eigenvalue weighted by Gasteiger charge is 2.36. The molecule has 7 nitrogen and oxygen atoms in total. The lowest BCUT2D eigenvalue weighted by Gasteiger charge is -2.30. The lowest BCUT2D eigenvalue weighted by atomic mass is 9.98. The summed E-state index contributed by atoms with van der Waals surface area (Å²) in [7, 11) is 1.52. The number of amides is 3. The van der Waals surface area contributed by atoms with Crippen molar-refractivity contribution in [3.63, 3.8) is 0 Å². The zero-order valence-corrected chi connectivity index (χ0v) is 20.6. The summed E-state index contributed by atoms with van der Waals surface area (Å²) in [6, 6.07) is 12.4. The van der Waals surface area contributed by atoms with E-state index in [9.17, 15) is 14.0 Å². The van der Waals surface area contributed by atoms with Gasteiger partial charge >= 0.3 is 6.03 Å². The fourth-order valence-electron chi connectivity index (χ4n) is 3.68. The standard InChI is InChI=1S/C25H30ClFN4O3/c1-25(2,3)28-24(33)30(13-14-34-4)16-23(32)31-22(18-10-6-8-12-20(18)27)15-21(29-31)17-9-5-7-11-19(17)26/h5-12,22H,13-16H2,1-4H3,(H,28,33)/t22-/m1/s1. The molecule has 2 aromatic rings. The predicted octanol–water partition coefficient (Wildman–Crippen LogP) is 4.61. The van der Waals surface area contributed by atoms with Crippen LogP contribution in [0.1, 0.15) is 44.4 Å². The van der Waals surface area contributed by atoms with Gasteiger partial charge in [0, 0.05) is 41.8 Å². The summed E-state index contributed by atoms with van der Waals surface area (Å²) >= 11 is 6.37. The number of ether oxygens (including phenoxy) is 1. The maximum atomic E-state index is 14.7. The first kappa shape index (κ1) is 25.6. The number of hydrogen-bond acceptors (Lipinski definition) is 4. The van der Waals surface area contributed by atoms with E-state index in [0.717, 1.165) is 0 Å². The molecular formula is C25H30ClFN4O3. The number of carbonyl (C=O) groups excluding carboxylic acids is 2. The molecule has 1 aliphatic heterocycles. The lowest BCUT2D eigenvalue weighted by molar-refractivity contribution is -0.133. The van der Waals surface area contributed by atoms with Crippen LogP contribution < -0.4 is 5.32 Å². The van der Waals surface area contributed by atoms with Crippen LogP contribution in [0.25, 0.3) is 0 Å². The Morgan fingerprint density at radius 3 is 2.53 bits per heavy atom. The zero-order valence-electron chi connectivity index (χ0n) is 19.8. The average Bonchev–Trinajstić information content (AvgIpc) is 3.21. The Morgan fingerprint density at radius 2 is 1.88 bits per heavy atom. The van der Waals surface area contributed by atoms with Crippen molar-refractivity contribution in [2.45, 2.75) is 38.8 Å². The van der Waals surface area contributed by atoms with E-state index in [2.05, 4.69) is 10.4 Å². The molecule has 0 spiro atoms. The van der Waals surface area contributed by atoms with Gasteiger partial charge in [-0.05, 0) is 32.9 Å². The highest BCUT2D eigenvalue weighted by molar-refractivity contribution is 6.34. The van der Waals surface area contributed by atoms with E-state index in [-0.39, 0.29) is 19.7 Å². The van der Waals surface area contributed by atoms with Gasteiger partial charge in [-0.15, -0.1) is 0 Å². The summed E-state index contributed by atoms with van der Waals surface area (Å²) in [5.74, 6) is -0.863. The molecule has 9 heteroatoms. The minimum absolute atomic E-state index is 0.212. The van der Waals surface area contributed by atoms with Crippen molar-refractivity contribution >= 4 is 29.3 Å².